The molecule has 1 heterocycles. The zero-order valence-corrected chi connectivity index (χ0v) is 14.5. The van der Waals surface area contributed by atoms with Crippen molar-refractivity contribution in [2.45, 2.75) is 13.0 Å². The Balaban J connectivity index is 0.00000200. The summed E-state index contributed by atoms with van der Waals surface area (Å²) in [6, 6.07) is 9.27. The van der Waals surface area contributed by atoms with E-state index < -0.39 is 24.3 Å². The molecule has 2 rings (SSSR count). The van der Waals surface area contributed by atoms with Crippen LogP contribution in [0.3, 0.4) is 0 Å². The maximum absolute atomic E-state index is 13.8. The smallest absolute Gasteiger partial charge is 0.256 e. The van der Waals surface area contributed by atoms with E-state index in [1.54, 1.807) is 6.07 Å². The quantitative estimate of drug-likeness (QED) is 0.698. The molecular weight excluding hydrogens is 412 g/mol. The van der Waals surface area contributed by atoms with Crippen LogP contribution in [0.2, 0.25) is 0 Å². The van der Waals surface area contributed by atoms with Crippen LogP contribution in [-0.4, -0.2) is 11.0 Å². The van der Waals surface area contributed by atoms with E-state index in [0.717, 1.165) is 10.6 Å². The molecule has 103 valence electrons. The van der Waals surface area contributed by atoms with Crippen molar-refractivity contribution in [2.24, 2.45) is 0 Å². The van der Waals surface area contributed by atoms with Crippen LogP contribution in [-0.2, 0) is 39.3 Å². The van der Waals surface area contributed by atoms with Gasteiger partial charge >= 0.3 is 0 Å². The normalized spacial score (nSPS) is 10.4. The van der Waals surface area contributed by atoms with Gasteiger partial charge in [0.1, 0.15) is 0 Å². The molecule has 0 aliphatic heterocycles. The van der Waals surface area contributed by atoms with E-state index in [1.807, 2.05) is 0 Å². The Morgan fingerprint density at radius 1 is 1.30 bits per heavy atom. The molecule has 1 aromatic heterocycles. The fourth-order valence-corrected chi connectivity index (χ4v) is 2.25. The molecule has 0 amide bonds. The second-order valence-electron chi connectivity index (χ2n) is 3.76. The van der Waals surface area contributed by atoms with Gasteiger partial charge in [-0.15, -0.1) is 0 Å². The fraction of sp³-hybridized carbons (Fsp3) is 0.154. The predicted octanol–water partition coefficient (Wildman–Crippen LogP) is 3.48. The topological polar surface area (TPSA) is 22.0 Å². The third-order valence-electron chi connectivity index (χ3n) is 2.50. The van der Waals surface area contributed by atoms with Gasteiger partial charge in [0.15, 0.2) is 5.56 Å². The van der Waals surface area contributed by atoms with Crippen molar-refractivity contribution in [1.29, 1.82) is 0 Å². The maximum atomic E-state index is 13.8. The first-order valence-electron chi connectivity index (χ1n) is 5.34. The number of benzene rings is 1. The van der Waals surface area contributed by atoms with E-state index >= 15 is 0 Å². The molecule has 0 aliphatic carbocycles. The van der Waals surface area contributed by atoms with Gasteiger partial charge in [0.25, 0.3) is 6.43 Å². The minimum atomic E-state index is -2.71. The number of hydrogen-bond acceptors (Lipinski definition) is 1. The van der Waals surface area contributed by atoms with Gasteiger partial charge in [-0.25, -0.2) is 13.2 Å². The van der Waals surface area contributed by atoms with Crippen LogP contribution >= 0.6 is 15.9 Å². The van der Waals surface area contributed by atoms with Gasteiger partial charge in [0.05, 0.1) is 12.4 Å². The van der Waals surface area contributed by atoms with Crippen LogP contribution < -0.4 is 5.56 Å². The number of pyridine rings is 1. The Hall–Kier alpha value is -0.456. The van der Waals surface area contributed by atoms with Crippen LogP contribution in [0.25, 0.3) is 11.3 Å². The van der Waals surface area contributed by atoms with Gasteiger partial charge in [-0.1, -0.05) is 45.4 Å². The zero-order chi connectivity index (χ0) is 14.0. The van der Waals surface area contributed by atoms with Gasteiger partial charge in [0, 0.05) is 32.7 Å². The summed E-state index contributed by atoms with van der Waals surface area (Å²) in [5.74, 6) is -0.612. The molecule has 0 spiro atoms. The number of nitrogens with zero attached hydrogens (tertiary/aromatic N) is 1. The number of halogens is 4. The van der Waals surface area contributed by atoms with Crippen LogP contribution in [0, 0.1) is 11.9 Å². The van der Waals surface area contributed by atoms with Crippen molar-refractivity contribution in [1.82, 2.24) is 4.57 Å². The van der Waals surface area contributed by atoms with Crippen LogP contribution in [0.4, 0.5) is 13.2 Å². The summed E-state index contributed by atoms with van der Waals surface area (Å²) in [6.07, 6.45) is -2.71. The number of hydrogen-bond donors (Lipinski definition) is 0. The molecule has 0 atom stereocenters. The first-order chi connectivity index (χ1) is 9.00. The van der Waals surface area contributed by atoms with Crippen molar-refractivity contribution in [2.75, 3.05) is 0 Å². The minimum Gasteiger partial charge on any atom is -0.336 e. The molecule has 0 bridgehead atoms. The SMILES string of the molecule is O=c1cc[c-]c(-c2c(F)cccc2Br)n1CC(F)F.[Y]. The Labute approximate surface area is 147 Å². The van der Waals surface area contributed by atoms with E-state index in [9.17, 15) is 18.0 Å². The molecule has 0 fully saturated rings. The molecule has 2 nitrogen and oxygen atoms in total. The molecule has 2 aromatic rings. The van der Waals surface area contributed by atoms with Gasteiger partial charge in [-0.2, -0.15) is 12.1 Å². The van der Waals surface area contributed by atoms with Crippen LogP contribution in [0.1, 0.15) is 0 Å². The summed E-state index contributed by atoms with van der Waals surface area (Å²) in [5, 5.41) is 0. The van der Waals surface area contributed by atoms with Crippen LogP contribution in [0.15, 0.2) is 39.6 Å². The molecule has 0 N–H and O–H groups in total. The maximum Gasteiger partial charge on any atom is 0.256 e. The first kappa shape index (κ1) is 17.6. The third-order valence-corrected chi connectivity index (χ3v) is 3.16. The molecule has 1 aromatic carbocycles. The Bertz CT molecular complexity index is 640. The second-order valence-corrected chi connectivity index (χ2v) is 4.62. The van der Waals surface area contributed by atoms with Crippen molar-refractivity contribution in [3.05, 3.63) is 57.0 Å². The summed E-state index contributed by atoms with van der Waals surface area (Å²) < 4.78 is 40.1. The summed E-state index contributed by atoms with van der Waals surface area (Å²) >= 11 is 3.15. The standard InChI is InChI=1S/C13H8BrF3NO.Y/c14-8-3-1-4-9(15)13(8)10-5-2-6-12(19)18(10)7-11(16)17;/h1-4,6,11H,7H2;/q-1;. The summed E-state index contributed by atoms with van der Waals surface area (Å²) in [6.45, 7) is -0.799. The van der Waals surface area contributed by atoms with E-state index in [4.69, 9.17) is 0 Å². The summed E-state index contributed by atoms with van der Waals surface area (Å²) in [4.78, 5) is 11.6. The Kier molecular flexibility index (Phi) is 6.62. The van der Waals surface area contributed by atoms with Gasteiger partial charge in [0.2, 0.25) is 0 Å². The number of aromatic nitrogens is 1. The Morgan fingerprint density at radius 3 is 2.60 bits per heavy atom. The molecular formula is C13H8BrF3NOY-. The molecule has 20 heavy (non-hydrogen) atoms. The van der Waals surface area contributed by atoms with E-state index in [0.29, 0.717) is 4.47 Å². The minimum absolute atomic E-state index is 0. The molecule has 0 unspecified atom stereocenters. The monoisotopic (exact) mass is 419 g/mol. The average molecular weight is 420 g/mol. The average Bonchev–Trinajstić information content (AvgIpc) is 2.32. The van der Waals surface area contributed by atoms with E-state index in [1.165, 1.54) is 18.2 Å². The molecule has 1 radical (unpaired) electrons. The number of alkyl halides is 2. The van der Waals surface area contributed by atoms with Crippen LogP contribution in [0.5, 0.6) is 0 Å². The van der Waals surface area contributed by atoms with Crippen molar-refractivity contribution < 1.29 is 45.9 Å². The first-order valence-corrected chi connectivity index (χ1v) is 6.14. The molecule has 0 saturated heterocycles. The predicted molar refractivity (Wildman–Crippen MR) is 68.6 cm³/mol. The van der Waals surface area contributed by atoms with Crippen molar-refractivity contribution >= 4 is 15.9 Å². The van der Waals surface area contributed by atoms with E-state index in [-0.39, 0.29) is 44.0 Å². The van der Waals surface area contributed by atoms with Crippen molar-refractivity contribution in [3.8, 4) is 11.3 Å². The molecule has 7 heteroatoms. The largest absolute Gasteiger partial charge is 0.336 e. The van der Waals surface area contributed by atoms with Crippen molar-refractivity contribution in [3.63, 3.8) is 0 Å². The van der Waals surface area contributed by atoms with Gasteiger partial charge in [-0.3, -0.25) is 4.79 Å². The molecule has 0 saturated carbocycles. The van der Waals surface area contributed by atoms with Gasteiger partial charge in [-0.05, 0) is 10.5 Å². The van der Waals surface area contributed by atoms with E-state index in [2.05, 4.69) is 22.0 Å². The summed E-state index contributed by atoms with van der Waals surface area (Å²) in [5.41, 5.74) is -0.581. The Morgan fingerprint density at radius 2 is 2.00 bits per heavy atom. The fourth-order valence-electron chi connectivity index (χ4n) is 1.72. The number of rotatable bonds is 3. The zero-order valence-electron chi connectivity index (χ0n) is 10.1. The second kappa shape index (κ2) is 7.52. The third kappa shape index (κ3) is 3.80. The summed E-state index contributed by atoms with van der Waals surface area (Å²) in [7, 11) is 0. The van der Waals surface area contributed by atoms with Gasteiger partial charge < -0.3 is 4.57 Å². The molecule has 0 aliphatic rings.